The molecular weight excluding hydrogens is 232 g/mol. The van der Waals surface area contributed by atoms with Crippen molar-refractivity contribution in [1.82, 2.24) is 4.98 Å². The van der Waals surface area contributed by atoms with E-state index >= 15 is 0 Å². The third kappa shape index (κ3) is 2.46. The lowest BCUT2D eigenvalue weighted by molar-refractivity contribution is 0.102. The summed E-state index contributed by atoms with van der Waals surface area (Å²) in [6, 6.07) is 9.88. The summed E-state index contributed by atoms with van der Waals surface area (Å²) in [4.78, 5) is 25.8. The van der Waals surface area contributed by atoms with Gasteiger partial charge in [-0.15, -0.1) is 0 Å². The zero-order valence-electron chi connectivity index (χ0n) is 9.51. The molecule has 1 aromatic carbocycles. The monoisotopic (exact) mass is 244 g/mol. The van der Waals surface area contributed by atoms with Gasteiger partial charge in [0, 0.05) is 17.4 Å². The highest BCUT2D eigenvalue weighted by molar-refractivity contribution is 6.04. The number of anilines is 1. The summed E-state index contributed by atoms with van der Waals surface area (Å²) in [5.41, 5.74) is 0.674. The molecule has 5 nitrogen and oxygen atoms in total. The molecule has 1 aromatic heterocycles. The van der Waals surface area contributed by atoms with Crippen LogP contribution in [0, 0.1) is 0 Å². The Kier molecular flexibility index (Phi) is 3.54. The predicted molar refractivity (Wildman–Crippen MR) is 67.4 cm³/mol. The van der Waals surface area contributed by atoms with Gasteiger partial charge in [0.2, 0.25) is 0 Å². The van der Waals surface area contributed by atoms with Gasteiger partial charge in [-0.1, -0.05) is 18.2 Å². The Morgan fingerprint density at radius 3 is 2.72 bits per heavy atom. The second-order valence-electron chi connectivity index (χ2n) is 3.68. The second-order valence-corrected chi connectivity index (χ2v) is 3.68. The SMILES string of the molecule is O=C(Nc1ccccc1CO)c1ccc[nH]c1=O. The zero-order valence-corrected chi connectivity index (χ0v) is 9.51. The van der Waals surface area contributed by atoms with Crippen LogP contribution < -0.4 is 10.9 Å². The van der Waals surface area contributed by atoms with Gasteiger partial charge in [0.05, 0.1) is 6.61 Å². The molecule has 2 aromatic rings. The smallest absolute Gasteiger partial charge is 0.261 e. The Balaban J connectivity index is 2.27. The summed E-state index contributed by atoms with van der Waals surface area (Å²) in [6.45, 7) is -0.179. The predicted octanol–water partition coefficient (Wildman–Crippen LogP) is 1.12. The van der Waals surface area contributed by atoms with E-state index in [9.17, 15) is 9.59 Å². The van der Waals surface area contributed by atoms with Gasteiger partial charge in [0.25, 0.3) is 11.5 Å². The summed E-state index contributed by atoms with van der Waals surface area (Å²) in [7, 11) is 0. The minimum Gasteiger partial charge on any atom is -0.392 e. The lowest BCUT2D eigenvalue weighted by atomic mass is 10.1. The first-order valence-electron chi connectivity index (χ1n) is 5.40. The first kappa shape index (κ1) is 12.1. The maximum Gasteiger partial charge on any atom is 0.261 e. The van der Waals surface area contributed by atoms with E-state index in [2.05, 4.69) is 10.3 Å². The lowest BCUT2D eigenvalue weighted by Gasteiger charge is -2.08. The van der Waals surface area contributed by atoms with Crippen LogP contribution in [0.1, 0.15) is 15.9 Å². The van der Waals surface area contributed by atoms with Crippen molar-refractivity contribution in [2.24, 2.45) is 0 Å². The van der Waals surface area contributed by atoms with Crippen molar-refractivity contribution >= 4 is 11.6 Å². The van der Waals surface area contributed by atoms with Crippen molar-refractivity contribution in [3.8, 4) is 0 Å². The van der Waals surface area contributed by atoms with E-state index in [1.807, 2.05) is 0 Å². The van der Waals surface area contributed by atoms with Crippen LogP contribution in [0.25, 0.3) is 0 Å². The minimum atomic E-state index is -0.502. The molecule has 1 heterocycles. The van der Waals surface area contributed by atoms with Crippen molar-refractivity contribution < 1.29 is 9.90 Å². The van der Waals surface area contributed by atoms with Crippen LogP contribution in [0.3, 0.4) is 0 Å². The number of rotatable bonds is 3. The average Bonchev–Trinajstić information content (AvgIpc) is 2.39. The molecular formula is C13H12N2O3. The van der Waals surface area contributed by atoms with Gasteiger partial charge in [-0.05, 0) is 18.2 Å². The van der Waals surface area contributed by atoms with E-state index in [-0.39, 0.29) is 12.2 Å². The van der Waals surface area contributed by atoms with E-state index in [1.54, 1.807) is 30.3 Å². The molecule has 92 valence electrons. The lowest BCUT2D eigenvalue weighted by Crippen LogP contribution is -2.22. The molecule has 0 spiro atoms. The maximum atomic E-state index is 11.9. The molecule has 0 fully saturated rings. The van der Waals surface area contributed by atoms with Crippen molar-refractivity contribution in [2.45, 2.75) is 6.61 Å². The Morgan fingerprint density at radius 1 is 1.22 bits per heavy atom. The van der Waals surface area contributed by atoms with Gasteiger partial charge in [-0.2, -0.15) is 0 Å². The standard InChI is InChI=1S/C13H12N2O3/c16-8-9-4-1-2-6-11(9)15-13(18)10-5-3-7-14-12(10)17/h1-7,16H,8H2,(H,14,17)(H,15,18). The van der Waals surface area contributed by atoms with E-state index in [0.717, 1.165) is 0 Å². The molecule has 2 rings (SSSR count). The molecule has 3 N–H and O–H groups in total. The Morgan fingerprint density at radius 2 is 2.00 bits per heavy atom. The molecule has 0 saturated heterocycles. The largest absolute Gasteiger partial charge is 0.392 e. The minimum absolute atomic E-state index is 0.0326. The number of nitrogens with one attached hydrogen (secondary N) is 2. The van der Waals surface area contributed by atoms with Crippen molar-refractivity contribution in [1.29, 1.82) is 0 Å². The van der Waals surface area contributed by atoms with Crippen LogP contribution in [-0.4, -0.2) is 16.0 Å². The summed E-state index contributed by atoms with van der Waals surface area (Å²) >= 11 is 0. The fraction of sp³-hybridized carbons (Fsp3) is 0.0769. The number of aliphatic hydroxyl groups excluding tert-OH is 1. The molecule has 0 aliphatic rings. The van der Waals surface area contributed by atoms with Crippen molar-refractivity contribution in [3.05, 3.63) is 64.1 Å². The number of hydrogen-bond acceptors (Lipinski definition) is 3. The number of benzene rings is 1. The molecule has 0 aliphatic heterocycles. The summed E-state index contributed by atoms with van der Waals surface area (Å²) in [5.74, 6) is -0.502. The summed E-state index contributed by atoms with van der Waals surface area (Å²) in [5, 5.41) is 11.7. The maximum absolute atomic E-state index is 11.9. The number of para-hydroxylation sites is 1. The molecule has 5 heteroatoms. The first-order chi connectivity index (χ1) is 8.72. The fourth-order valence-electron chi connectivity index (χ4n) is 1.57. The van der Waals surface area contributed by atoms with Crippen LogP contribution in [0.15, 0.2) is 47.4 Å². The van der Waals surface area contributed by atoms with Crippen LogP contribution in [0.2, 0.25) is 0 Å². The summed E-state index contributed by atoms with van der Waals surface area (Å²) < 4.78 is 0. The molecule has 0 bridgehead atoms. The van der Waals surface area contributed by atoms with Gasteiger partial charge < -0.3 is 15.4 Å². The topological polar surface area (TPSA) is 82.2 Å². The highest BCUT2D eigenvalue weighted by atomic mass is 16.3. The van der Waals surface area contributed by atoms with Gasteiger partial charge >= 0.3 is 0 Å². The van der Waals surface area contributed by atoms with Crippen molar-refractivity contribution in [3.63, 3.8) is 0 Å². The third-order valence-corrected chi connectivity index (χ3v) is 2.50. The fourth-order valence-corrected chi connectivity index (χ4v) is 1.57. The van der Waals surface area contributed by atoms with Gasteiger partial charge in [-0.25, -0.2) is 0 Å². The van der Waals surface area contributed by atoms with Crippen LogP contribution in [0.4, 0.5) is 5.69 Å². The molecule has 0 aliphatic carbocycles. The quantitative estimate of drug-likeness (QED) is 0.756. The zero-order chi connectivity index (χ0) is 13.0. The Bertz CT molecular complexity index is 619. The average molecular weight is 244 g/mol. The molecule has 1 amide bonds. The molecule has 0 saturated carbocycles. The van der Waals surface area contributed by atoms with Gasteiger partial charge in [0.15, 0.2) is 0 Å². The normalized spacial score (nSPS) is 10.1. The van der Waals surface area contributed by atoms with Gasteiger partial charge in [0.1, 0.15) is 5.56 Å². The van der Waals surface area contributed by atoms with E-state index in [0.29, 0.717) is 11.3 Å². The molecule has 0 atom stereocenters. The number of aromatic nitrogens is 1. The number of H-pyrrole nitrogens is 1. The number of pyridine rings is 1. The van der Waals surface area contributed by atoms with Crippen LogP contribution in [-0.2, 0) is 6.61 Å². The van der Waals surface area contributed by atoms with Crippen LogP contribution >= 0.6 is 0 Å². The van der Waals surface area contributed by atoms with Gasteiger partial charge in [-0.3, -0.25) is 9.59 Å². The molecule has 18 heavy (non-hydrogen) atoms. The summed E-state index contributed by atoms with van der Waals surface area (Å²) in [6.07, 6.45) is 1.46. The molecule has 0 unspecified atom stereocenters. The second kappa shape index (κ2) is 5.29. The Hall–Kier alpha value is -2.40. The van der Waals surface area contributed by atoms with E-state index < -0.39 is 11.5 Å². The third-order valence-electron chi connectivity index (χ3n) is 2.50. The number of aromatic amines is 1. The highest BCUT2D eigenvalue weighted by Crippen LogP contribution is 2.15. The Labute approximate surface area is 103 Å². The number of hydrogen-bond donors (Lipinski definition) is 3. The number of aliphatic hydroxyl groups is 1. The number of amides is 1. The first-order valence-corrected chi connectivity index (χ1v) is 5.40. The number of carbonyl (C=O) groups is 1. The van der Waals surface area contributed by atoms with Crippen LogP contribution in [0.5, 0.6) is 0 Å². The molecule has 0 radical (unpaired) electrons. The highest BCUT2D eigenvalue weighted by Gasteiger charge is 2.11. The van der Waals surface area contributed by atoms with E-state index in [4.69, 9.17) is 5.11 Å². The number of carbonyl (C=O) groups excluding carboxylic acids is 1. The van der Waals surface area contributed by atoms with Crippen molar-refractivity contribution in [2.75, 3.05) is 5.32 Å². The van der Waals surface area contributed by atoms with E-state index in [1.165, 1.54) is 12.3 Å².